The number of aromatic nitrogens is 1. The van der Waals surface area contributed by atoms with Crippen LogP contribution in [0.1, 0.15) is 34.9 Å². The number of thiazole rings is 1. The van der Waals surface area contributed by atoms with Crippen LogP contribution in [0.5, 0.6) is 11.5 Å². The monoisotopic (exact) mass is 428 g/mol. The Balaban J connectivity index is 1.61. The van der Waals surface area contributed by atoms with Gasteiger partial charge in [0.05, 0.1) is 20.3 Å². The number of amides is 1. The number of rotatable bonds is 5. The summed E-state index contributed by atoms with van der Waals surface area (Å²) in [5.74, 6) is 1.45. The highest BCUT2D eigenvalue weighted by Crippen LogP contribution is 2.40. The van der Waals surface area contributed by atoms with Crippen molar-refractivity contribution in [3.05, 3.63) is 64.1 Å². The predicted octanol–water partition coefficient (Wildman–Crippen LogP) is 5.46. The Hall–Kier alpha value is -2.57. The SMILES string of the molecule is COc1ccc(OC)c(C2CCCN2C(=O)c2csc(-c3ccc(Cl)cc3)n2)c1. The lowest BCUT2D eigenvalue weighted by atomic mass is 10.0. The molecule has 4 rings (SSSR count). The minimum atomic E-state index is -0.0618. The lowest BCUT2D eigenvalue weighted by molar-refractivity contribution is 0.0729. The van der Waals surface area contributed by atoms with E-state index < -0.39 is 0 Å². The van der Waals surface area contributed by atoms with Crippen LogP contribution >= 0.6 is 22.9 Å². The molecule has 150 valence electrons. The van der Waals surface area contributed by atoms with E-state index in [1.54, 1.807) is 14.2 Å². The number of hydrogen-bond donors (Lipinski definition) is 0. The number of carbonyl (C=O) groups is 1. The lowest BCUT2D eigenvalue weighted by Crippen LogP contribution is -2.31. The first-order valence-electron chi connectivity index (χ1n) is 9.35. The summed E-state index contributed by atoms with van der Waals surface area (Å²) in [7, 11) is 3.28. The van der Waals surface area contributed by atoms with Gasteiger partial charge in [-0.3, -0.25) is 4.79 Å². The fourth-order valence-electron chi connectivity index (χ4n) is 3.68. The van der Waals surface area contributed by atoms with Gasteiger partial charge >= 0.3 is 0 Å². The smallest absolute Gasteiger partial charge is 0.273 e. The van der Waals surface area contributed by atoms with E-state index in [9.17, 15) is 4.79 Å². The van der Waals surface area contributed by atoms with Crippen LogP contribution in [0.2, 0.25) is 5.02 Å². The summed E-state index contributed by atoms with van der Waals surface area (Å²) in [6.45, 7) is 0.692. The van der Waals surface area contributed by atoms with Crippen LogP contribution in [0.3, 0.4) is 0 Å². The molecule has 1 saturated heterocycles. The summed E-state index contributed by atoms with van der Waals surface area (Å²) in [6.07, 6.45) is 1.81. The fourth-order valence-corrected chi connectivity index (χ4v) is 4.60. The number of likely N-dealkylation sites (tertiary alicyclic amines) is 1. The molecule has 0 N–H and O–H groups in total. The van der Waals surface area contributed by atoms with Crippen molar-refractivity contribution in [2.24, 2.45) is 0 Å². The summed E-state index contributed by atoms with van der Waals surface area (Å²) >= 11 is 7.42. The molecule has 1 aliphatic rings. The molecule has 1 aromatic heterocycles. The second kappa shape index (κ2) is 8.43. The van der Waals surface area contributed by atoms with Crippen molar-refractivity contribution in [1.29, 1.82) is 0 Å². The highest BCUT2D eigenvalue weighted by atomic mass is 35.5. The number of nitrogens with zero attached hydrogens (tertiary/aromatic N) is 2. The number of benzene rings is 2. The van der Waals surface area contributed by atoms with Crippen molar-refractivity contribution in [2.45, 2.75) is 18.9 Å². The van der Waals surface area contributed by atoms with Crippen molar-refractivity contribution in [2.75, 3.05) is 20.8 Å². The Morgan fingerprint density at radius 1 is 1.17 bits per heavy atom. The van der Waals surface area contributed by atoms with Crippen LogP contribution in [0, 0.1) is 0 Å². The Morgan fingerprint density at radius 3 is 2.69 bits per heavy atom. The Morgan fingerprint density at radius 2 is 1.97 bits per heavy atom. The second-order valence-corrected chi connectivity index (χ2v) is 8.10. The normalized spacial score (nSPS) is 16.1. The zero-order valence-electron chi connectivity index (χ0n) is 16.2. The molecule has 29 heavy (non-hydrogen) atoms. The maximum absolute atomic E-state index is 13.3. The number of carbonyl (C=O) groups excluding carboxylic acids is 1. The first-order valence-corrected chi connectivity index (χ1v) is 10.6. The van der Waals surface area contributed by atoms with Gasteiger partial charge in [-0.25, -0.2) is 4.98 Å². The van der Waals surface area contributed by atoms with Gasteiger partial charge in [0.2, 0.25) is 0 Å². The average Bonchev–Trinajstić information content (AvgIpc) is 3.43. The minimum absolute atomic E-state index is 0.0613. The zero-order valence-corrected chi connectivity index (χ0v) is 17.8. The standard InChI is InChI=1S/C22H21ClN2O3S/c1-27-16-9-10-20(28-2)17(12-16)19-4-3-11-25(19)22(26)18-13-29-21(24-18)14-5-7-15(23)8-6-14/h5-10,12-13,19H,3-4,11H2,1-2H3. The molecule has 0 aliphatic carbocycles. The quantitative estimate of drug-likeness (QED) is 0.541. The summed E-state index contributed by atoms with van der Waals surface area (Å²) in [6, 6.07) is 13.1. The van der Waals surface area contributed by atoms with E-state index in [2.05, 4.69) is 4.98 Å². The summed E-state index contributed by atoms with van der Waals surface area (Å²) in [5, 5.41) is 3.30. The fraction of sp³-hybridized carbons (Fsp3) is 0.273. The van der Waals surface area contributed by atoms with Gasteiger partial charge in [0, 0.05) is 28.1 Å². The summed E-state index contributed by atoms with van der Waals surface area (Å²) < 4.78 is 10.9. The Kier molecular flexibility index (Phi) is 5.74. The number of methoxy groups -OCH3 is 2. The molecular weight excluding hydrogens is 408 g/mol. The molecule has 7 heteroatoms. The first-order chi connectivity index (χ1) is 14.1. The molecule has 1 unspecified atom stereocenters. The van der Waals surface area contributed by atoms with Gasteiger partial charge in [0.25, 0.3) is 5.91 Å². The van der Waals surface area contributed by atoms with Gasteiger partial charge in [-0.2, -0.15) is 0 Å². The van der Waals surface area contributed by atoms with E-state index in [0.717, 1.165) is 40.5 Å². The Bertz CT molecular complexity index is 1020. The van der Waals surface area contributed by atoms with Crippen LogP contribution in [0.15, 0.2) is 47.8 Å². The van der Waals surface area contributed by atoms with Gasteiger partial charge in [-0.1, -0.05) is 23.7 Å². The molecule has 3 aromatic rings. The van der Waals surface area contributed by atoms with Crippen molar-refractivity contribution in [1.82, 2.24) is 9.88 Å². The van der Waals surface area contributed by atoms with Crippen molar-refractivity contribution in [3.63, 3.8) is 0 Å². The third kappa shape index (κ3) is 3.95. The van der Waals surface area contributed by atoms with Gasteiger partial charge in [-0.15, -0.1) is 11.3 Å². The zero-order chi connectivity index (χ0) is 20.4. The van der Waals surface area contributed by atoms with Crippen LogP contribution in [0.4, 0.5) is 0 Å². The number of ether oxygens (including phenoxy) is 2. The highest BCUT2D eigenvalue weighted by Gasteiger charge is 2.33. The van der Waals surface area contributed by atoms with Crippen molar-refractivity contribution in [3.8, 4) is 22.1 Å². The van der Waals surface area contributed by atoms with Crippen molar-refractivity contribution >= 4 is 28.8 Å². The molecular formula is C22H21ClN2O3S. The van der Waals surface area contributed by atoms with E-state index in [4.69, 9.17) is 21.1 Å². The van der Waals surface area contributed by atoms with Crippen molar-refractivity contribution < 1.29 is 14.3 Å². The molecule has 1 amide bonds. The average molecular weight is 429 g/mol. The molecule has 1 aliphatic heterocycles. The predicted molar refractivity (Wildman–Crippen MR) is 115 cm³/mol. The van der Waals surface area contributed by atoms with E-state index in [-0.39, 0.29) is 11.9 Å². The van der Waals surface area contributed by atoms with Gasteiger partial charge in [0.15, 0.2) is 0 Å². The Labute approximate surface area is 178 Å². The minimum Gasteiger partial charge on any atom is -0.497 e. The van der Waals surface area contributed by atoms with Crippen LogP contribution in [-0.2, 0) is 0 Å². The molecule has 2 heterocycles. The topological polar surface area (TPSA) is 51.7 Å². The molecule has 0 radical (unpaired) electrons. The maximum Gasteiger partial charge on any atom is 0.273 e. The van der Waals surface area contributed by atoms with E-state index in [1.807, 2.05) is 52.7 Å². The lowest BCUT2D eigenvalue weighted by Gasteiger charge is -2.26. The molecule has 1 atom stereocenters. The molecule has 5 nitrogen and oxygen atoms in total. The molecule has 2 aromatic carbocycles. The molecule has 0 saturated carbocycles. The summed E-state index contributed by atoms with van der Waals surface area (Å²) in [4.78, 5) is 19.7. The van der Waals surface area contributed by atoms with Crippen LogP contribution < -0.4 is 9.47 Å². The number of hydrogen-bond acceptors (Lipinski definition) is 5. The van der Waals surface area contributed by atoms with E-state index in [0.29, 0.717) is 17.3 Å². The number of halogens is 1. The van der Waals surface area contributed by atoms with Crippen LogP contribution in [0.25, 0.3) is 10.6 Å². The van der Waals surface area contributed by atoms with Crippen LogP contribution in [-0.4, -0.2) is 36.6 Å². The third-order valence-corrected chi connectivity index (χ3v) is 6.27. The highest BCUT2D eigenvalue weighted by molar-refractivity contribution is 7.13. The van der Waals surface area contributed by atoms with Gasteiger partial charge < -0.3 is 14.4 Å². The third-order valence-electron chi connectivity index (χ3n) is 5.12. The van der Waals surface area contributed by atoms with Gasteiger partial charge in [0.1, 0.15) is 22.2 Å². The summed E-state index contributed by atoms with van der Waals surface area (Å²) in [5.41, 5.74) is 2.38. The maximum atomic E-state index is 13.3. The van der Waals surface area contributed by atoms with Gasteiger partial charge in [-0.05, 0) is 43.2 Å². The molecule has 1 fully saturated rings. The first kappa shape index (κ1) is 19.7. The van der Waals surface area contributed by atoms with E-state index >= 15 is 0 Å². The molecule has 0 bridgehead atoms. The molecule has 0 spiro atoms. The van der Waals surface area contributed by atoms with E-state index in [1.165, 1.54) is 11.3 Å². The second-order valence-electron chi connectivity index (χ2n) is 6.81. The largest absolute Gasteiger partial charge is 0.497 e.